The molecule has 0 radical (unpaired) electrons. The fourth-order valence-electron chi connectivity index (χ4n) is 0.560. The van der Waals surface area contributed by atoms with E-state index in [-0.39, 0.29) is 29.6 Å². The second-order valence-electron chi connectivity index (χ2n) is 2.69. The topological polar surface area (TPSA) is 107 Å². The van der Waals surface area contributed by atoms with Crippen LogP contribution in [0.5, 0.6) is 0 Å². The molecule has 0 fully saturated rings. The van der Waals surface area contributed by atoms with Gasteiger partial charge in [-0.15, -0.1) is 0 Å². The first-order chi connectivity index (χ1) is 5.86. The van der Waals surface area contributed by atoms with E-state index in [0.717, 1.165) is 0 Å². The molecule has 0 amide bonds. The molecule has 0 aliphatic carbocycles. The van der Waals surface area contributed by atoms with E-state index in [9.17, 15) is 14.7 Å². The third kappa shape index (κ3) is 5.56. The molecule has 2 N–H and O–H groups in total. The fraction of sp³-hybridized carbons (Fsp3) is 0.714. The van der Waals surface area contributed by atoms with Crippen LogP contribution in [-0.2, 0) is 14.3 Å². The van der Waals surface area contributed by atoms with E-state index in [0.29, 0.717) is 0 Å². The molecule has 0 spiro atoms. The van der Waals surface area contributed by atoms with Crippen LogP contribution in [0.2, 0.25) is 0 Å². The number of aliphatic hydroxyl groups is 2. The molecule has 2 unspecified atom stereocenters. The molecule has 0 aliphatic heterocycles. The molecule has 7 heteroatoms. The first kappa shape index (κ1) is 16.3. The molecule has 0 rings (SSSR count). The number of carboxylic acid groups (broad SMARTS) is 1. The van der Waals surface area contributed by atoms with Crippen molar-refractivity contribution in [2.45, 2.75) is 32.2 Å². The SMILES string of the molecule is CC(C)OC(=O)C(O)C(O)C(=O)[O-].[Na+]. The number of esters is 1. The van der Waals surface area contributed by atoms with Crippen molar-refractivity contribution in [3.63, 3.8) is 0 Å². The molecule has 0 aromatic heterocycles. The molecule has 2 atom stereocenters. The van der Waals surface area contributed by atoms with Crippen LogP contribution in [0.3, 0.4) is 0 Å². The van der Waals surface area contributed by atoms with Crippen LogP contribution in [0.1, 0.15) is 13.8 Å². The van der Waals surface area contributed by atoms with Crippen LogP contribution in [0.15, 0.2) is 0 Å². The van der Waals surface area contributed by atoms with Gasteiger partial charge in [0, 0.05) is 0 Å². The quantitative estimate of drug-likeness (QED) is 0.357. The Morgan fingerprint density at radius 1 is 1.21 bits per heavy atom. The summed E-state index contributed by atoms with van der Waals surface area (Å²) in [6.07, 6.45) is -4.85. The van der Waals surface area contributed by atoms with Crippen LogP contribution in [0.25, 0.3) is 0 Å². The summed E-state index contributed by atoms with van der Waals surface area (Å²) < 4.78 is 4.44. The van der Waals surface area contributed by atoms with Crippen molar-refractivity contribution in [1.29, 1.82) is 0 Å². The summed E-state index contributed by atoms with van der Waals surface area (Å²) in [7, 11) is 0. The minimum Gasteiger partial charge on any atom is -0.547 e. The molecule has 6 nitrogen and oxygen atoms in total. The van der Waals surface area contributed by atoms with Crippen molar-refractivity contribution < 1.29 is 59.2 Å². The smallest absolute Gasteiger partial charge is 0.547 e. The molecule has 76 valence electrons. The standard InChI is InChI=1S/C7H12O6.Na/c1-3(2)13-7(12)5(9)4(8)6(10)11;/h3-5,8-9H,1-2H3,(H,10,11);/q;+1/p-1. The number of carboxylic acids is 1. The summed E-state index contributed by atoms with van der Waals surface area (Å²) in [4.78, 5) is 20.8. The maximum Gasteiger partial charge on any atom is 1.00 e. The van der Waals surface area contributed by atoms with Crippen LogP contribution in [-0.4, -0.2) is 40.5 Å². The number of hydrogen-bond acceptors (Lipinski definition) is 6. The summed E-state index contributed by atoms with van der Waals surface area (Å²) in [6.45, 7) is 3.05. The number of rotatable bonds is 4. The van der Waals surface area contributed by atoms with Gasteiger partial charge in [-0.3, -0.25) is 0 Å². The van der Waals surface area contributed by atoms with Gasteiger partial charge in [0.15, 0.2) is 6.10 Å². The van der Waals surface area contributed by atoms with E-state index in [4.69, 9.17) is 10.2 Å². The van der Waals surface area contributed by atoms with Crippen LogP contribution in [0, 0.1) is 0 Å². The fourth-order valence-corrected chi connectivity index (χ4v) is 0.560. The zero-order valence-electron chi connectivity index (χ0n) is 8.26. The Kier molecular flexibility index (Phi) is 8.37. The second-order valence-corrected chi connectivity index (χ2v) is 2.69. The summed E-state index contributed by atoms with van der Waals surface area (Å²) in [5, 5.41) is 27.5. The normalized spacial score (nSPS) is 14.1. The van der Waals surface area contributed by atoms with Crippen molar-refractivity contribution in [3.8, 4) is 0 Å². The Balaban J connectivity index is 0. The first-order valence-electron chi connectivity index (χ1n) is 3.63. The van der Waals surface area contributed by atoms with Gasteiger partial charge in [-0.05, 0) is 13.8 Å². The first-order valence-corrected chi connectivity index (χ1v) is 3.63. The minimum atomic E-state index is -2.26. The molecule has 0 bridgehead atoms. The predicted molar refractivity (Wildman–Crippen MR) is 38.2 cm³/mol. The Hall–Kier alpha value is -0.140. The number of carbonyl (C=O) groups is 2. The Bertz CT molecular complexity index is 204. The number of aliphatic hydroxyl groups excluding tert-OH is 2. The van der Waals surface area contributed by atoms with Gasteiger partial charge in [0.25, 0.3) is 0 Å². The van der Waals surface area contributed by atoms with E-state index in [1.165, 1.54) is 13.8 Å². The predicted octanol–water partition coefficient (Wildman–Crippen LogP) is -5.59. The molecular weight excluding hydrogens is 203 g/mol. The maximum atomic E-state index is 10.8. The average Bonchev–Trinajstić information content (AvgIpc) is 2.00. The maximum absolute atomic E-state index is 10.8. The number of hydrogen-bond donors (Lipinski definition) is 2. The van der Waals surface area contributed by atoms with E-state index in [1.54, 1.807) is 0 Å². The van der Waals surface area contributed by atoms with Gasteiger partial charge in [-0.1, -0.05) is 0 Å². The number of aliphatic carboxylic acids is 1. The Morgan fingerprint density at radius 3 is 1.93 bits per heavy atom. The molecule has 0 saturated heterocycles. The second kappa shape index (κ2) is 7.19. The van der Waals surface area contributed by atoms with Crippen molar-refractivity contribution in [2.75, 3.05) is 0 Å². The van der Waals surface area contributed by atoms with Gasteiger partial charge in [0.05, 0.1) is 12.1 Å². The van der Waals surface area contributed by atoms with Gasteiger partial charge in [-0.25, -0.2) is 4.79 Å². The summed E-state index contributed by atoms with van der Waals surface area (Å²) >= 11 is 0. The Labute approximate surface area is 103 Å². The van der Waals surface area contributed by atoms with E-state index < -0.39 is 30.3 Å². The van der Waals surface area contributed by atoms with Gasteiger partial charge < -0.3 is 24.9 Å². The van der Waals surface area contributed by atoms with E-state index >= 15 is 0 Å². The average molecular weight is 214 g/mol. The zero-order chi connectivity index (χ0) is 10.6. The van der Waals surface area contributed by atoms with Gasteiger partial charge >= 0.3 is 35.5 Å². The minimum absolute atomic E-state index is 0. The third-order valence-corrected chi connectivity index (χ3v) is 1.13. The Morgan fingerprint density at radius 2 is 1.64 bits per heavy atom. The summed E-state index contributed by atoms with van der Waals surface area (Å²) in [6, 6.07) is 0. The molecule has 0 aliphatic rings. The number of ether oxygens (including phenoxy) is 1. The molecule has 0 saturated carbocycles. The van der Waals surface area contributed by atoms with Crippen molar-refractivity contribution >= 4 is 11.9 Å². The summed E-state index contributed by atoms with van der Waals surface area (Å²) in [5.74, 6) is -3.11. The molecule has 0 heterocycles. The molecular formula is C7H11NaO6. The van der Waals surface area contributed by atoms with Gasteiger partial charge in [-0.2, -0.15) is 0 Å². The van der Waals surface area contributed by atoms with Gasteiger partial charge in [0.2, 0.25) is 0 Å². The van der Waals surface area contributed by atoms with Crippen LogP contribution in [0.4, 0.5) is 0 Å². The summed E-state index contributed by atoms with van der Waals surface area (Å²) in [5.41, 5.74) is 0. The molecule has 0 aromatic rings. The van der Waals surface area contributed by atoms with Crippen molar-refractivity contribution in [3.05, 3.63) is 0 Å². The van der Waals surface area contributed by atoms with Crippen molar-refractivity contribution in [2.24, 2.45) is 0 Å². The largest absolute Gasteiger partial charge is 1.00 e. The zero-order valence-corrected chi connectivity index (χ0v) is 10.3. The molecule has 14 heavy (non-hydrogen) atoms. The monoisotopic (exact) mass is 214 g/mol. The van der Waals surface area contributed by atoms with Crippen LogP contribution >= 0.6 is 0 Å². The van der Waals surface area contributed by atoms with Crippen molar-refractivity contribution in [1.82, 2.24) is 0 Å². The van der Waals surface area contributed by atoms with Gasteiger partial charge in [0.1, 0.15) is 6.10 Å². The molecule has 0 aromatic carbocycles. The number of carbonyl (C=O) groups excluding carboxylic acids is 2. The van der Waals surface area contributed by atoms with Crippen LogP contribution < -0.4 is 34.7 Å². The van der Waals surface area contributed by atoms with E-state index in [1.807, 2.05) is 0 Å². The van der Waals surface area contributed by atoms with E-state index in [2.05, 4.69) is 4.74 Å². The third-order valence-electron chi connectivity index (χ3n) is 1.13.